The topological polar surface area (TPSA) is 68.2 Å². The van der Waals surface area contributed by atoms with Crippen LogP contribution in [-0.4, -0.2) is 56.3 Å². The van der Waals surface area contributed by atoms with Crippen LogP contribution in [0.5, 0.6) is 23.0 Å². The van der Waals surface area contributed by atoms with Gasteiger partial charge in [0.1, 0.15) is 6.61 Å². The van der Waals surface area contributed by atoms with Crippen LogP contribution >= 0.6 is 0 Å². The number of carbonyl (C=O) groups excluding carboxylic acids is 1. The third kappa shape index (κ3) is 6.89. The SMILES string of the molecule is COc1cc(/C=C/C(=O)/C=C/c2ccc(OCCN3CCCCC3)c(OC)c2)ccc1O. The van der Waals surface area contributed by atoms with Crippen molar-refractivity contribution >= 4 is 17.9 Å². The number of hydrogen-bond acceptors (Lipinski definition) is 6. The van der Waals surface area contributed by atoms with Gasteiger partial charge in [-0.3, -0.25) is 9.69 Å². The van der Waals surface area contributed by atoms with Crippen molar-refractivity contribution in [3.63, 3.8) is 0 Å². The van der Waals surface area contributed by atoms with E-state index in [-0.39, 0.29) is 11.5 Å². The van der Waals surface area contributed by atoms with Gasteiger partial charge in [0.25, 0.3) is 0 Å². The van der Waals surface area contributed by atoms with E-state index < -0.39 is 0 Å². The van der Waals surface area contributed by atoms with E-state index in [1.165, 1.54) is 44.6 Å². The number of methoxy groups -OCH3 is 2. The predicted molar refractivity (Wildman–Crippen MR) is 127 cm³/mol. The van der Waals surface area contributed by atoms with E-state index in [2.05, 4.69) is 4.90 Å². The molecule has 0 radical (unpaired) electrons. The van der Waals surface area contributed by atoms with Crippen LogP contribution in [-0.2, 0) is 4.79 Å². The maximum atomic E-state index is 12.2. The quantitative estimate of drug-likeness (QED) is 0.549. The third-order valence-corrected chi connectivity index (χ3v) is 5.39. The van der Waals surface area contributed by atoms with Crippen molar-refractivity contribution in [1.82, 2.24) is 4.90 Å². The Balaban J connectivity index is 1.55. The summed E-state index contributed by atoms with van der Waals surface area (Å²) >= 11 is 0. The summed E-state index contributed by atoms with van der Waals surface area (Å²) in [5, 5.41) is 9.64. The second-order valence-corrected chi connectivity index (χ2v) is 7.66. The number of phenolic OH excluding ortho intramolecular Hbond substituents is 1. The molecule has 3 rings (SSSR count). The molecule has 1 aliphatic rings. The summed E-state index contributed by atoms with van der Waals surface area (Å²) < 4.78 is 16.5. The number of rotatable bonds is 10. The van der Waals surface area contributed by atoms with Gasteiger partial charge in [-0.1, -0.05) is 30.7 Å². The highest BCUT2D eigenvalue weighted by molar-refractivity contribution is 6.04. The number of benzene rings is 2. The van der Waals surface area contributed by atoms with Crippen LogP contribution in [0.1, 0.15) is 30.4 Å². The number of allylic oxidation sites excluding steroid dienone is 2. The van der Waals surface area contributed by atoms with Gasteiger partial charge in [0.2, 0.25) is 0 Å². The van der Waals surface area contributed by atoms with Crippen molar-refractivity contribution in [3.05, 3.63) is 59.7 Å². The van der Waals surface area contributed by atoms with Crippen LogP contribution in [0.2, 0.25) is 0 Å². The molecule has 0 saturated carbocycles. The minimum absolute atomic E-state index is 0.0590. The van der Waals surface area contributed by atoms with Crippen LogP contribution in [0.25, 0.3) is 12.2 Å². The molecule has 1 heterocycles. The molecule has 1 saturated heterocycles. The lowest BCUT2D eigenvalue weighted by atomic mass is 10.1. The number of carbonyl (C=O) groups is 1. The van der Waals surface area contributed by atoms with Crippen molar-refractivity contribution in [1.29, 1.82) is 0 Å². The molecule has 0 spiro atoms. The molecule has 170 valence electrons. The van der Waals surface area contributed by atoms with E-state index in [1.807, 2.05) is 18.2 Å². The number of likely N-dealkylation sites (tertiary alicyclic amines) is 1. The molecule has 0 unspecified atom stereocenters. The highest BCUT2D eigenvalue weighted by Gasteiger charge is 2.11. The Bertz CT molecular complexity index is 961. The number of phenols is 1. The van der Waals surface area contributed by atoms with Gasteiger partial charge in [-0.05, 0) is 73.5 Å². The van der Waals surface area contributed by atoms with Crippen LogP contribution in [0.4, 0.5) is 0 Å². The lowest BCUT2D eigenvalue weighted by molar-refractivity contribution is -0.110. The van der Waals surface area contributed by atoms with Crippen LogP contribution in [0, 0.1) is 0 Å². The Hall–Kier alpha value is -3.25. The molecule has 1 fully saturated rings. The first-order chi connectivity index (χ1) is 15.6. The predicted octanol–water partition coefficient (Wildman–Crippen LogP) is 4.57. The molecule has 1 aliphatic heterocycles. The average molecular weight is 438 g/mol. The van der Waals surface area contributed by atoms with Crippen LogP contribution in [0.15, 0.2) is 48.6 Å². The zero-order valence-electron chi connectivity index (χ0n) is 18.8. The average Bonchev–Trinajstić information content (AvgIpc) is 2.83. The molecule has 2 aromatic carbocycles. The molecule has 6 nitrogen and oxygen atoms in total. The van der Waals surface area contributed by atoms with Gasteiger partial charge in [0.15, 0.2) is 28.8 Å². The number of piperidine rings is 1. The minimum Gasteiger partial charge on any atom is -0.504 e. The van der Waals surface area contributed by atoms with Gasteiger partial charge in [-0.15, -0.1) is 0 Å². The van der Waals surface area contributed by atoms with Gasteiger partial charge in [-0.25, -0.2) is 0 Å². The monoisotopic (exact) mass is 437 g/mol. The smallest absolute Gasteiger partial charge is 0.178 e. The van der Waals surface area contributed by atoms with Crippen LogP contribution < -0.4 is 14.2 Å². The highest BCUT2D eigenvalue weighted by atomic mass is 16.5. The fourth-order valence-corrected chi connectivity index (χ4v) is 3.58. The number of nitrogens with zero attached hydrogens (tertiary/aromatic N) is 1. The molecular formula is C26H31NO5. The molecule has 2 aromatic rings. The summed E-state index contributed by atoms with van der Waals surface area (Å²) in [6.45, 7) is 3.83. The summed E-state index contributed by atoms with van der Waals surface area (Å²) in [7, 11) is 3.09. The number of aromatic hydroxyl groups is 1. The Kier molecular flexibility index (Phi) is 8.75. The van der Waals surface area contributed by atoms with E-state index in [0.29, 0.717) is 23.9 Å². The largest absolute Gasteiger partial charge is 0.504 e. The van der Waals surface area contributed by atoms with E-state index in [1.54, 1.807) is 31.4 Å². The lowest BCUT2D eigenvalue weighted by Crippen LogP contribution is -2.33. The van der Waals surface area contributed by atoms with Crippen molar-refractivity contribution < 1.29 is 24.1 Å². The van der Waals surface area contributed by atoms with Crippen molar-refractivity contribution in [2.75, 3.05) is 40.5 Å². The zero-order valence-corrected chi connectivity index (χ0v) is 18.8. The molecule has 0 bridgehead atoms. The molecule has 0 atom stereocenters. The number of ketones is 1. The standard InChI is InChI=1S/C26H31NO5/c1-30-25-18-20(8-12-23(25)29)6-10-22(28)11-7-21-9-13-24(26(19-21)31-2)32-17-16-27-14-4-3-5-15-27/h6-13,18-19,29H,3-5,14-17H2,1-2H3/b10-6+,11-7+. The fraction of sp³-hybridized carbons (Fsp3) is 0.346. The summed E-state index contributed by atoms with van der Waals surface area (Å²) in [5.74, 6) is 1.61. The normalized spacial score (nSPS) is 14.7. The Labute approximate surface area is 189 Å². The highest BCUT2D eigenvalue weighted by Crippen LogP contribution is 2.29. The van der Waals surface area contributed by atoms with E-state index in [0.717, 1.165) is 30.8 Å². The van der Waals surface area contributed by atoms with Crippen molar-refractivity contribution in [3.8, 4) is 23.0 Å². The fourth-order valence-electron chi connectivity index (χ4n) is 3.58. The van der Waals surface area contributed by atoms with Crippen molar-refractivity contribution in [2.45, 2.75) is 19.3 Å². The molecule has 0 aliphatic carbocycles. The van der Waals surface area contributed by atoms with Gasteiger partial charge in [0.05, 0.1) is 14.2 Å². The molecule has 32 heavy (non-hydrogen) atoms. The van der Waals surface area contributed by atoms with Gasteiger partial charge in [-0.2, -0.15) is 0 Å². The van der Waals surface area contributed by atoms with Crippen molar-refractivity contribution in [2.24, 2.45) is 0 Å². The molecule has 6 heteroatoms. The van der Waals surface area contributed by atoms with E-state index >= 15 is 0 Å². The second kappa shape index (κ2) is 12.0. The van der Waals surface area contributed by atoms with Gasteiger partial charge in [0, 0.05) is 6.54 Å². The minimum atomic E-state index is -0.155. The maximum Gasteiger partial charge on any atom is 0.178 e. The summed E-state index contributed by atoms with van der Waals surface area (Å²) in [6, 6.07) is 10.5. The van der Waals surface area contributed by atoms with E-state index in [4.69, 9.17) is 14.2 Å². The maximum absolute atomic E-state index is 12.2. The Morgan fingerprint density at radius 1 is 0.906 bits per heavy atom. The lowest BCUT2D eigenvalue weighted by Gasteiger charge is -2.26. The number of ether oxygens (including phenoxy) is 3. The zero-order chi connectivity index (χ0) is 22.8. The van der Waals surface area contributed by atoms with E-state index in [9.17, 15) is 9.90 Å². The molecule has 0 aromatic heterocycles. The first kappa shape index (κ1) is 23.4. The summed E-state index contributed by atoms with van der Waals surface area (Å²) in [6.07, 6.45) is 10.2. The molecule has 1 N–H and O–H groups in total. The van der Waals surface area contributed by atoms with Crippen LogP contribution in [0.3, 0.4) is 0 Å². The third-order valence-electron chi connectivity index (χ3n) is 5.39. The summed E-state index contributed by atoms with van der Waals surface area (Å²) in [4.78, 5) is 14.6. The first-order valence-corrected chi connectivity index (χ1v) is 10.9. The van der Waals surface area contributed by atoms with Gasteiger partial charge >= 0.3 is 0 Å². The number of hydrogen-bond donors (Lipinski definition) is 1. The Morgan fingerprint density at radius 3 is 2.19 bits per heavy atom. The van der Waals surface area contributed by atoms with Gasteiger partial charge < -0.3 is 19.3 Å². The molecule has 0 amide bonds. The molecular weight excluding hydrogens is 406 g/mol. The first-order valence-electron chi connectivity index (χ1n) is 10.9. The summed E-state index contributed by atoms with van der Waals surface area (Å²) in [5.41, 5.74) is 1.60. The second-order valence-electron chi connectivity index (χ2n) is 7.66. The Morgan fingerprint density at radius 2 is 1.53 bits per heavy atom.